The highest BCUT2D eigenvalue weighted by atomic mass is 35.5. The van der Waals surface area contributed by atoms with Gasteiger partial charge in [-0.3, -0.25) is 0 Å². The van der Waals surface area contributed by atoms with Gasteiger partial charge >= 0.3 is 0 Å². The molecule has 0 aliphatic rings. The molecule has 0 amide bonds. The lowest BCUT2D eigenvalue weighted by atomic mass is 10.1. The molecule has 136 valence electrons. The summed E-state index contributed by atoms with van der Waals surface area (Å²) in [6.07, 6.45) is 3.15. The molecule has 1 N–H and O–H groups in total. The predicted octanol–water partition coefficient (Wildman–Crippen LogP) is 3.42. The summed E-state index contributed by atoms with van der Waals surface area (Å²) in [6.45, 7) is 0. The van der Waals surface area contributed by atoms with Crippen molar-refractivity contribution in [2.24, 2.45) is 7.05 Å². The smallest absolute Gasteiger partial charge is 0.241 e. The third-order valence-corrected chi connectivity index (χ3v) is 5.48. The zero-order chi connectivity index (χ0) is 18.9. The molecule has 5 nitrogen and oxygen atoms in total. The molecule has 0 saturated heterocycles. The van der Waals surface area contributed by atoms with Gasteiger partial charge in [-0.15, -0.1) is 0 Å². The number of nitrogens with zero attached hydrogens (tertiary/aromatic N) is 2. The van der Waals surface area contributed by atoms with Crippen molar-refractivity contribution < 1.29 is 17.2 Å². The number of hydrogen-bond donors (Lipinski definition) is 1. The van der Waals surface area contributed by atoms with Gasteiger partial charge in [0, 0.05) is 19.4 Å². The molecule has 0 bridgehead atoms. The van der Waals surface area contributed by atoms with E-state index in [-0.39, 0.29) is 9.92 Å². The largest absolute Gasteiger partial charge is 0.336 e. The number of aryl methyl sites for hydroxylation is 1. The van der Waals surface area contributed by atoms with Gasteiger partial charge in [-0.05, 0) is 35.9 Å². The minimum absolute atomic E-state index is 0.209. The lowest BCUT2D eigenvalue weighted by Gasteiger charge is -2.19. The molecule has 2 aromatic carbocycles. The molecule has 0 spiro atoms. The number of rotatable bonds is 5. The van der Waals surface area contributed by atoms with Crippen molar-refractivity contribution in [1.82, 2.24) is 14.3 Å². The third kappa shape index (κ3) is 3.77. The minimum Gasteiger partial charge on any atom is -0.336 e. The van der Waals surface area contributed by atoms with E-state index in [9.17, 15) is 17.2 Å². The summed E-state index contributed by atoms with van der Waals surface area (Å²) >= 11 is 5.69. The van der Waals surface area contributed by atoms with E-state index in [0.717, 1.165) is 18.2 Å². The van der Waals surface area contributed by atoms with Crippen molar-refractivity contribution in [3.8, 4) is 0 Å². The first-order chi connectivity index (χ1) is 12.3. The normalized spacial score (nSPS) is 12.9. The van der Waals surface area contributed by atoms with E-state index < -0.39 is 27.7 Å². The van der Waals surface area contributed by atoms with Gasteiger partial charge in [-0.1, -0.05) is 23.7 Å². The van der Waals surface area contributed by atoms with Crippen LogP contribution < -0.4 is 4.72 Å². The van der Waals surface area contributed by atoms with Crippen molar-refractivity contribution >= 4 is 21.6 Å². The average Bonchev–Trinajstić information content (AvgIpc) is 3.01. The van der Waals surface area contributed by atoms with E-state index in [0.29, 0.717) is 11.4 Å². The van der Waals surface area contributed by atoms with Crippen molar-refractivity contribution in [1.29, 1.82) is 0 Å². The van der Waals surface area contributed by atoms with E-state index >= 15 is 0 Å². The molecule has 1 aromatic heterocycles. The van der Waals surface area contributed by atoms with E-state index in [4.69, 9.17) is 11.6 Å². The molecule has 0 saturated carbocycles. The van der Waals surface area contributed by atoms with Crippen LogP contribution in [-0.2, 0) is 17.1 Å². The fourth-order valence-corrected chi connectivity index (χ4v) is 3.93. The van der Waals surface area contributed by atoms with Crippen LogP contribution in [0.5, 0.6) is 0 Å². The number of sulfonamides is 1. The molecule has 9 heteroatoms. The van der Waals surface area contributed by atoms with Gasteiger partial charge in [-0.2, -0.15) is 4.72 Å². The number of imidazole rings is 1. The fourth-order valence-electron chi connectivity index (χ4n) is 2.48. The second kappa shape index (κ2) is 7.14. The zero-order valence-electron chi connectivity index (χ0n) is 13.5. The maximum Gasteiger partial charge on any atom is 0.241 e. The first kappa shape index (κ1) is 18.5. The Labute approximate surface area is 154 Å². The zero-order valence-corrected chi connectivity index (χ0v) is 15.1. The highest BCUT2D eigenvalue weighted by Gasteiger charge is 2.26. The van der Waals surface area contributed by atoms with Crippen LogP contribution in [0.3, 0.4) is 0 Å². The van der Waals surface area contributed by atoms with Crippen LogP contribution in [0.2, 0.25) is 5.02 Å². The first-order valence-corrected chi connectivity index (χ1v) is 9.34. The summed E-state index contributed by atoms with van der Waals surface area (Å²) in [5, 5.41) is -0.313. The summed E-state index contributed by atoms with van der Waals surface area (Å²) in [5.74, 6) is -0.866. The van der Waals surface area contributed by atoms with Crippen LogP contribution in [0.1, 0.15) is 17.4 Å². The minimum atomic E-state index is -4.08. The van der Waals surface area contributed by atoms with E-state index in [1.165, 1.54) is 24.4 Å². The molecular formula is C17H14ClF2N3O2S. The van der Waals surface area contributed by atoms with Crippen molar-refractivity contribution in [2.45, 2.75) is 10.9 Å². The van der Waals surface area contributed by atoms with Crippen LogP contribution in [-0.4, -0.2) is 18.0 Å². The Morgan fingerprint density at radius 2 is 1.96 bits per heavy atom. The number of hydrogen-bond acceptors (Lipinski definition) is 3. The lowest BCUT2D eigenvalue weighted by Crippen LogP contribution is -2.31. The van der Waals surface area contributed by atoms with E-state index in [1.54, 1.807) is 23.9 Å². The molecule has 0 unspecified atom stereocenters. The van der Waals surface area contributed by atoms with Crippen molar-refractivity contribution in [3.63, 3.8) is 0 Å². The Kier molecular flexibility index (Phi) is 5.08. The highest BCUT2D eigenvalue weighted by Crippen LogP contribution is 2.25. The Hall–Kier alpha value is -2.29. The van der Waals surface area contributed by atoms with Gasteiger partial charge in [0.05, 0.1) is 9.92 Å². The van der Waals surface area contributed by atoms with Crippen LogP contribution in [0.15, 0.2) is 59.8 Å². The SMILES string of the molecule is Cn1ccnc1[C@H](NS(=O)(=O)c1ccc(F)c(Cl)c1)c1cccc(F)c1. The van der Waals surface area contributed by atoms with Gasteiger partial charge < -0.3 is 4.57 Å². The fraction of sp³-hybridized carbons (Fsp3) is 0.118. The molecule has 0 fully saturated rings. The van der Waals surface area contributed by atoms with Crippen LogP contribution >= 0.6 is 11.6 Å². The molecule has 3 rings (SSSR count). The predicted molar refractivity (Wildman–Crippen MR) is 93.2 cm³/mol. The molecule has 0 aliphatic heterocycles. The van der Waals surface area contributed by atoms with Crippen molar-refractivity contribution in [3.05, 3.63) is 82.9 Å². The summed E-state index contributed by atoms with van der Waals surface area (Å²) in [6, 6.07) is 7.68. The monoisotopic (exact) mass is 397 g/mol. The topological polar surface area (TPSA) is 64.0 Å². The van der Waals surface area contributed by atoms with Gasteiger partial charge in [0.2, 0.25) is 10.0 Å². The summed E-state index contributed by atoms with van der Waals surface area (Å²) < 4.78 is 56.6. The maximum atomic E-state index is 13.7. The molecule has 0 radical (unpaired) electrons. The number of nitrogens with one attached hydrogen (secondary N) is 1. The van der Waals surface area contributed by atoms with Gasteiger partial charge in [0.25, 0.3) is 0 Å². The summed E-state index contributed by atoms with van der Waals surface area (Å²) in [5.41, 5.74) is 0.371. The Bertz CT molecular complexity index is 1050. The standard InChI is InChI=1S/C17H14ClF2N3O2S/c1-23-8-7-21-17(23)16(11-3-2-4-12(19)9-11)22-26(24,25)13-5-6-15(20)14(18)10-13/h2-10,16,22H,1H3/t16-/m1/s1. The second-order valence-electron chi connectivity index (χ2n) is 5.58. The third-order valence-electron chi connectivity index (χ3n) is 3.77. The van der Waals surface area contributed by atoms with E-state index in [1.807, 2.05) is 0 Å². The maximum absolute atomic E-state index is 13.7. The van der Waals surface area contributed by atoms with Crippen LogP contribution in [0.4, 0.5) is 8.78 Å². The molecule has 1 heterocycles. The van der Waals surface area contributed by atoms with Crippen LogP contribution in [0, 0.1) is 11.6 Å². The summed E-state index contributed by atoms with van der Waals surface area (Å²) in [4.78, 5) is 3.95. The quantitative estimate of drug-likeness (QED) is 0.717. The van der Waals surface area contributed by atoms with Crippen molar-refractivity contribution in [2.75, 3.05) is 0 Å². The van der Waals surface area contributed by atoms with Gasteiger partial charge in [0.15, 0.2) is 0 Å². The van der Waals surface area contributed by atoms with Gasteiger partial charge in [-0.25, -0.2) is 22.2 Å². The lowest BCUT2D eigenvalue weighted by molar-refractivity contribution is 0.559. The number of benzene rings is 2. The second-order valence-corrected chi connectivity index (χ2v) is 7.70. The molecular weight excluding hydrogens is 384 g/mol. The Morgan fingerprint density at radius 3 is 2.58 bits per heavy atom. The number of aromatic nitrogens is 2. The Balaban J connectivity index is 2.05. The molecule has 3 aromatic rings. The number of halogens is 3. The van der Waals surface area contributed by atoms with Crippen LogP contribution in [0.25, 0.3) is 0 Å². The van der Waals surface area contributed by atoms with E-state index in [2.05, 4.69) is 9.71 Å². The average molecular weight is 398 g/mol. The highest BCUT2D eigenvalue weighted by molar-refractivity contribution is 7.89. The summed E-state index contributed by atoms with van der Waals surface area (Å²) in [7, 11) is -2.39. The molecule has 0 aliphatic carbocycles. The first-order valence-electron chi connectivity index (χ1n) is 7.48. The molecule has 1 atom stereocenters. The molecule has 26 heavy (non-hydrogen) atoms. The Morgan fingerprint density at radius 1 is 1.19 bits per heavy atom. The van der Waals surface area contributed by atoms with Gasteiger partial charge in [0.1, 0.15) is 23.5 Å².